The number of carbonyl (C=O) groups is 2. The van der Waals surface area contributed by atoms with Gasteiger partial charge in [-0.15, -0.1) is 0 Å². The zero-order valence-corrected chi connectivity index (χ0v) is 17.6. The van der Waals surface area contributed by atoms with Gasteiger partial charge in [0.1, 0.15) is 25.4 Å². The van der Waals surface area contributed by atoms with Gasteiger partial charge in [-0.2, -0.15) is 0 Å². The summed E-state index contributed by atoms with van der Waals surface area (Å²) in [6.45, 7) is 2.37. The van der Waals surface area contributed by atoms with Gasteiger partial charge >= 0.3 is 12.1 Å². The fraction of sp³-hybridized carbons (Fsp3) is 0.364. The molecule has 0 saturated heterocycles. The lowest BCUT2D eigenvalue weighted by Crippen LogP contribution is -2.43. The molecular formula is C22H24N4O6. The van der Waals surface area contributed by atoms with E-state index in [1.807, 2.05) is 30.3 Å². The highest BCUT2D eigenvalue weighted by molar-refractivity contribution is 5.81. The predicted octanol–water partition coefficient (Wildman–Crippen LogP) is 3.54. The molecule has 32 heavy (non-hydrogen) atoms. The van der Waals surface area contributed by atoms with Crippen molar-refractivity contribution >= 4 is 12.1 Å². The van der Waals surface area contributed by atoms with Crippen molar-refractivity contribution in [2.45, 2.75) is 32.1 Å². The second-order valence-electron chi connectivity index (χ2n) is 6.96. The topological polar surface area (TPSA) is 132 Å². The number of rotatable bonds is 9. The lowest BCUT2D eigenvalue weighted by atomic mass is 10.0. The van der Waals surface area contributed by atoms with Crippen LogP contribution in [0.5, 0.6) is 11.5 Å². The van der Waals surface area contributed by atoms with Gasteiger partial charge < -0.3 is 24.3 Å². The third-order valence-corrected chi connectivity index (χ3v) is 4.59. The number of nitrogens with zero attached hydrogens (tertiary/aromatic N) is 3. The summed E-state index contributed by atoms with van der Waals surface area (Å²) in [6, 6.07) is 13.5. The van der Waals surface area contributed by atoms with Crippen LogP contribution >= 0.6 is 0 Å². The van der Waals surface area contributed by atoms with E-state index in [1.165, 1.54) is 0 Å². The minimum absolute atomic E-state index is 0.0866. The number of benzene rings is 2. The summed E-state index contributed by atoms with van der Waals surface area (Å²) in [5.74, 6) is 0.462. The van der Waals surface area contributed by atoms with Gasteiger partial charge in [-0.1, -0.05) is 41.5 Å². The van der Waals surface area contributed by atoms with Crippen molar-refractivity contribution in [2.75, 3.05) is 19.8 Å². The molecule has 168 valence electrons. The molecular weight excluding hydrogens is 416 g/mol. The summed E-state index contributed by atoms with van der Waals surface area (Å²) >= 11 is 0. The number of nitrogens with one attached hydrogen (secondary N) is 1. The van der Waals surface area contributed by atoms with Crippen LogP contribution in [0.25, 0.3) is 10.4 Å². The minimum atomic E-state index is -0.932. The Hall–Kier alpha value is -3.91. The molecule has 10 heteroatoms. The van der Waals surface area contributed by atoms with Gasteiger partial charge in [-0.3, -0.25) is 0 Å². The van der Waals surface area contributed by atoms with Gasteiger partial charge in [0.05, 0.1) is 13.2 Å². The van der Waals surface area contributed by atoms with Crippen molar-refractivity contribution in [1.82, 2.24) is 5.32 Å². The molecule has 1 unspecified atom stereocenters. The van der Waals surface area contributed by atoms with E-state index in [1.54, 1.807) is 25.1 Å². The average Bonchev–Trinajstić information content (AvgIpc) is 2.81. The maximum atomic E-state index is 12.4. The standard InChI is InChI=1S/C22H24N4O6/c1-2-29-21(27)18(25-22(28)31-13-15-6-4-3-5-7-15)10-16-8-9-19-20(11-16)30-14-17(32-19)12-24-26-23/h3-9,11,17-18H,2,10,12-14H2,1H3,(H,25,28)/t17?,18-/m0/s1. The molecule has 10 nitrogen and oxygen atoms in total. The normalized spacial score (nSPS) is 15.1. The van der Waals surface area contributed by atoms with E-state index in [0.29, 0.717) is 11.5 Å². The van der Waals surface area contributed by atoms with Crippen LogP contribution in [0.3, 0.4) is 0 Å². The van der Waals surface area contributed by atoms with E-state index in [0.717, 1.165) is 11.1 Å². The molecule has 1 amide bonds. The van der Waals surface area contributed by atoms with Gasteiger partial charge in [0.15, 0.2) is 11.5 Å². The molecule has 1 heterocycles. The fourth-order valence-corrected chi connectivity index (χ4v) is 3.08. The number of ether oxygens (including phenoxy) is 4. The number of hydrogen-bond acceptors (Lipinski definition) is 7. The molecule has 0 aromatic heterocycles. The molecule has 2 aromatic rings. The highest BCUT2D eigenvalue weighted by Gasteiger charge is 2.25. The Morgan fingerprint density at radius 2 is 2.00 bits per heavy atom. The van der Waals surface area contributed by atoms with Crippen LogP contribution < -0.4 is 14.8 Å². The zero-order chi connectivity index (χ0) is 22.8. The molecule has 1 N–H and O–H groups in total. The lowest BCUT2D eigenvalue weighted by molar-refractivity contribution is -0.145. The zero-order valence-electron chi connectivity index (χ0n) is 17.6. The van der Waals surface area contributed by atoms with E-state index in [2.05, 4.69) is 15.3 Å². The second kappa shape index (κ2) is 11.5. The molecule has 0 aliphatic carbocycles. The molecule has 1 aliphatic rings. The van der Waals surface area contributed by atoms with Gasteiger partial charge in [-0.05, 0) is 35.7 Å². The Bertz CT molecular complexity index is 978. The summed E-state index contributed by atoms with van der Waals surface area (Å²) < 4.78 is 21.8. The quantitative estimate of drug-likeness (QED) is 0.275. The van der Waals surface area contributed by atoms with Gasteiger partial charge in [-0.25, -0.2) is 9.59 Å². The van der Waals surface area contributed by atoms with Crippen LogP contribution in [0.15, 0.2) is 53.6 Å². The number of carbonyl (C=O) groups excluding carboxylic acids is 2. The maximum absolute atomic E-state index is 12.4. The first kappa shape index (κ1) is 22.8. The van der Waals surface area contributed by atoms with E-state index in [-0.39, 0.29) is 38.9 Å². The van der Waals surface area contributed by atoms with Crippen LogP contribution in [0, 0.1) is 0 Å². The highest BCUT2D eigenvalue weighted by Crippen LogP contribution is 2.33. The first-order chi connectivity index (χ1) is 15.6. The summed E-state index contributed by atoms with van der Waals surface area (Å²) in [6.07, 6.45) is -0.902. The minimum Gasteiger partial charge on any atom is -0.486 e. The first-order valence-corrected chi connectivity index (χ1v) is 10.2. The number of fused-ring (bicyclic) bond motifs is 1. The van der Waals surface area contributed by atoms with Crippen molar-refractivity contribution in [3.63, 3.8) is 0 Å². The molecule has 0 saturated carbocycles. The lowest BCUT2D eigenvalue weighted by Gasteiger charge is -2.26. The Balaban J connectivity index is 1.63. The summed E-state index contributed by atoms with van der Waals surface area (Å²) in [7, 11) is 0. The maximum Gasteiger partial charge on any atom is 0.408 e. The van der Waals surface area contributed by atoms with Crippen molar-refractivity contribution in [2.24, 2.45) is 5.11 Å². The highest BCUT2D eigenvalue weighted by atomic mass is 16.6. The van der Waals surface area contributed by atoms with Crippen LogP contribution in [0.2, 0.25) is 0 Å². The first-order valence-electron chi connectivity index (χ1n) is 10.2. The molecule has 2 atom stereocenters. The molecule has 2 aromatic carbocycles. The number of alkyl carbamates (subject to hydrolysis) is 1. The van der Waals surface area contributed by atoms with Crippen LogP contribution in [0.1, 0.15) is 18.1 Å². The van der Waals surface area contributed by atoms with Crippen molar-refractivity contribution < 1.29 is 28.5 Å². The van der Waals surface area contributed by atoms with Gasteiger partial charge in [0.25, 0.3) is 0 Å². The third kappa shape index (κ3) is 6.55. The molecule has 3 rings (SSSR count). The second-order valence-corrected chi connectivity index (χ2v) is 6.96. The monoisotopic (exact) mass is 440 g/mol. The van der Waals surface area contributed by atoms with E-state index in [9.17, 15) is 9.59 Å². The van der Waals surface area contributed by atoms with Crippen molar-refractivity contribution in [1.29, 1.82) is 0 Å². The molecule has 0 bridgehead atoms. The van der Waals surface area contributed by atoms with E-state index in [4.69, 9.17) is 24.5 Å². The van der Waals surface area contributed by atoms with Crippen molar-refractivity contribution in [3.8, 4) is 11.5 Å². The Morgan fingerprint density at radius 1 is 1.19 bits per heavy atom. The Labute approximate surface area is 185 Å². The van der Waals surface area contributed by atoms with Gasteiger partial charge in [0, 0.05) is 11.3 Å². The predicted molar refractivity (Wildman–Crippen MR) is 114 cm³/mol. The number of azide groups is 1. The van der Waals surface area contributed by atoms with Crippen LogP contribution in [0.4, 0.5) is 4.79 Å². The number of amides is 1. The summed E-state index contributed by atoms with van der Waals surface area (Å²) in [5.41, 5.74) is 10.0. The smallest absolute Gasteiger partial charge is 0.408 e. The largest absolute Gasteiger partial charge is 0.486 e. The molecule has 1 aliphatic heterocycles. The third-order valence-electron chi connectivity index (χ3n) is 4.59. The average molecular weight is 440 g/mol. The summed E-state index contributed by atoms with van der Waals surface area (Å²) in [5, 5.41) is 6.07. The van der Waals surface area contributed by atoms with Crippen molar-refractivity contribution in [3.05, 3.63) is 70.1 Å². The van der Waals surface area contributed by atoms with Gasteiger partial charge in [0.2, 0.25) is 0 Å². The van der Waals surface area contributed by atoms with E-state index >= 15 is 0 Å². The Morgan fingerprint density at radius 3 is 2.75 bits per heavy atom. The Kier molecular flexibility index (Phi) is 8.16. The number of hydrogen-bond donors (Lipinski definition) is 1. The van der Waals surface area contributed by atoms with E-state index < -0.39 is 18.1 Å². The molecule has 0 spiro atoms. The molecule has 0 fully saturated rings. The van der Waals surface area contributed by atoms with Crippen LogP contribution in [-0.2, 0) is 27.3 Å². The summed E-state index contributed by atoms with van der Waals surface area (Å²) in [4.78, 5) is 27.4. The molecule has 0 radical (unpaired) electrons. The fourth-order valence-electron chi connectivity index (χ4n) is 3.08. The SMILES string of the molecule is CCOC(=O)[C@H](Cc1ccc2c(c1)OCC(CN=[N+]=[N-])O2)NC(=O)OCc1ccccc1. The number of esters is 1. The van der Waals surface area contributed by atoms with Crippen LogP contribution in [-0.4, -0.2) is 44.0 Å².